The Hall–Kier alpha value is -2.38. The summed E-state index contributed by atoms with van der Waals surface area (Å²) in [7, 11) is -3.95. The van der Waals surface area contributed by atoms with Gasteiger partial charge in [0.1, 0.15) is 5.82 Å². The number of sulfonamides is 1. The molecular formula is C16H12ClFN2O3S. The third kappa shape index (κ3) is 3.27. The highest BCUT2D eigenvalue weighted by Crippen LogP contribution is 2.30. The third-order valence-electron chi connectivity index (χ3n) is 3.38. The molecule has 3 rings (SSSR count). The Labute approximate surface area is 143 Å². The average Bonchev–Trinajstić information content (AvgIpc) is 2.95. The Morgan fingerprint density at radius 1 is 1.17 bits per heavy atom. The SMILES string of the molecule is Cc1cc(F)ccc1S(=O)(=O)Nc1oncc1-c1ccc(Cl)cc1. The molecule has 1 N–H and O–H groups in total. The Bertz CT molecular complexity index is 985. The number of aromatic nitrogens is 1. The van der Waals surface area contributed by atoms with Crippen molar-refractivity contribution in [2.45, 2.75) is 11.8 Å². The normalized spacial score (nSPS) is 11.5. The number of hydrogen-bond acceptors (Lipinski definition) is 4. The fourth-order valence-electron chi connectivity index (χ4n) is 2.24. The van der Waals surface area contributed by atoms with Crippen LogP contribution in [-0.2, 0) is 10.0 Å². The van der Waals surface area contributed by atoms with Gasteiger partial charge in [-0.3, -0.25) is 0 Å². The number of rotatable bonds is 4. The molecule has 0 atom stereocenters. The van der Waals surface area contributed by atoms with E-state index in [1.54, 1.807) is 24.3 Å². The topological polar surface area (TPSA) is 72.2 Å². The van der Waals surface area contributed by atoms with E-state index in [0.717, 1.165) is 12.1 Å². The first-order valence-corrected chi connectivity index (χ1v) is 8.72. The molecular weight excluding hydrogens is 355 g/mol. The van der Waals surface area contributed by atoms with Crippen LogP contribution in [0.1, 0.15) is 5.56 Å². The van der Waals surface area contributed by atoms with Crippen LogP contribution < -0.4 is 4.72 Å². The van der Waals surface area contributed by atoms with Gasteiger partial charge in [0.25, 0.3) is 10.0 Å². The molecule has 2 aromatic carbocycles. The van der Waals surface area contributed by atoms with Gasteiger partial charge >= 0.3 is 0 Å². The van der Waals surface area contributed by atoms with Gasteiger partial charge in [-0.15, -0.1) is 0 Å². The van der Waals surface area contributed by atoms with Crippen LogP contribution in [0.3, 0.4) is 0 Å². The molecule has 0 aliphatic carbocycles. The van der Waals surface area contributed by atoms with Crippen LogP contribution in [0, 0.1) is 12.7 Å². The van der Waals surface area contributed by atoms with Gasteiger partial charge in [-0.1, -0.05) is 28.9 Å². The molecule has 0 aliphatic rings. The molecule has 0 saturated carbocycles. The molecule has 1 aromatic heterocycles. The molecule has 0 fully saturated rings. The highest BCUT2D eigenvalue weighted by atomic mass is 35.5. The molecule has 0 bridgehead atoms. The Balaban J connectivity index is 1.97. The molecule has 5 nitrogen and oxygen atoms in total. The molecule has 0 aliphatic heterocycles. The van der Waals surface area contributed by atoms with Gasteiger partial charge in [0, 0.05) is 5.02 Å². The van der Waals surface area contributed by atoms with Crippen molar-refractivity contribution in [3.05, 3.63) is 65.1 Å². The smallest absolute Gasteiger partial charge is 0.264 e. The summed E-state index contributed by atoms with van der Waals surface area (Å²) in [5.41, 5.74) is 1.44. The number of nitrogens with one attached hydrogen (secondary N) is 1. The predicted octanol–water partition coefficient (Wildman–Crippen LogP) is 4.24. The van der Waals surface area contributed by atoms with Gasteiger partial charge in [0.15, 0.2) is 0 Å². The van der Waals surface area contributed by atoms with Gasteiger partial charge < -0.3 is 4.52 Å². The van der Waals surface area contributed by atoms with Crippen molar-refractivity contribution < 1.29 is 17.3 Å². The average molecular weight is 367 g/mol. The Morgan fingerprint density at radius 3 is 2.54 bits per heavy atom. The first-order chi connectivity index (χ1) is 11.4. The molecule has 0 spiro atoms. The van der Waals surface area contributed by atoms with Crippen molar-refractivity contribution in [3.63, 3.8) is 0 Å². The summed E-state index contributed by atoms with van der Waals surface area (Å²) in [6.07, 6.45) is 1.40. The molecule has 8 heteroatoms. The van der Waals surface area contributed by atoms with Crippen LogP contribution >= 0.6 is 11.6 Å². The summed E-state index contributed by atoms with van der Waals surface area (Å²) in [5, 5.41) is 4.20. The fraction of sp³-hybridized carbons (Fsp3) is 0.0625. The van der Waals surface area contributed by atoms with Crippen molar-refractivity contribution in [1.29, 1.82) is 0 Å². The maximum Gasteiger partial charge on any atom is 0.264 e. The fourth-order valence-corrected chi connectivity index (χ4v) is 3.60. The van der Waals surface area contributed by atoms with Crippen LogP contribution in [-0.4, -0.2) is 13.6 Å². The monoisotopic (exact) mass is 366 g/mol. The molecule has 1 heterocycles. The highest BCUT2D eigenvalue weighted by molar-refractivity contribution is 7.92. The second-order valence-electron chi connectivity index (χ2n) is 5.09. The molecule has 124 valence electrons. The highest BCUT2D eigenvalue weighted by Gasteiger charge is 2.21. The molecule has 3 aromatic rings. The standard InChI is InChI=1S/C16H12ClFN2O3S/c1-10-8-13(18)6-7-15(10)24(21,22)20-16-14(9-19-23-16)11-2-4-12(17)5-3-11/h2-9,20H,1H3. The lowest BCUT2D eigenvalue weighted by atomic mass is 10.1. The van der Waals surface area contributed by atoms with E-state index in [1.165, 1.54) is 19.2 Å². The van der Waals surface area contributed by atoms with E-state index < -0.39 is 15.8 Å². The minimum absolute atomic E-state index is 0.0268. The minimum Gasteiger partial charge on any atom is -0.337 e. The summed E-state index contributed by atoms with van der Waals surface area (Å²) < 4.78 is 45.6. The number of halogens is 2. The Morgan fingerprint density at radius 2 is 1.88 bits per heavy atom. The number of hydrogen-bond donors (Lipinski definition) is 1. The summed E-state index contributed by atoms with van der Waals surface area (Å²) in [5.74, 6) is -0.533. The summed E-state index contributed by atoms with van der Waals surface area (Å²) in [6.45, 7) is 1.51. The third-order valence-corrected chi connectivity index (χ3v) is 5.12. The molecule has 0 amide bonds. The van der Waals surface area contributed by atoms with E-state index in [9.17, 15) is 12.8 Å². The van der Waals surface area contributed by atoms with E-state index >= 15 is 0 Å². The van der Waals surface area contributed by atoms with Gasteiger partial charge in [-0.05, 0) is 48.4 Å². The number of benzene rings is 2. The summed E-state index contributed by atoms with van der Waals surface area (Å²) in [6, 6.07) is 10.2. The summed E-state index contributed by atoms with van der Waals surface area (Å²) >= 11 is 5.85. The predicted molar refractivity (Wildman–Crippen MR) is 88.9 cm³/mol. The zero-order valence-corrected chi connectivity index (χ0v) is 14.0. The van der Waals surface area contributed by atoms with Gasteiger partial charge in [-0.2, -0.15) is 0 Å². The van der Waals surface area contributed by atoms with Crippen molar-refractivity contribution in [1.82, 2.24) is 5.16 Å². The van der Waals surface area contributed by atoms with E-state index in [1.807, 2.05) is 0 Å². The minimum atomic E-state index is -3.95. The quantitative estimate of drug-likeness (QED) is 0.749. The second kappa shape index (κ2) is 6.26. The van der Waals surface area contributed by atoms with Gasteiger partial charge in [-0.25, -0.2) is 17.5 Å². The van der Waals surface area contributed by atoms with Crippen LogP contribution in [0.5, 0.6) is 0 Å². The number of anilines is 1. The number of nitrogens with zero attached hydrogens (tertiary/aromatic N) is 1. The van der Waals surface area contributed by atoms with E-state index in [-0.39, 0.29) is 16.3 Å². The van der Waals surface area contributed by atoms with Crippen molar-refractivity contribution in [3.8, 4) is 11.1 Å². The second-order valence-corrected chi connectivity index (χ2v) is 7.18. The largest absolute Gasteiger partial charge is 0.337 e. The lowest BCUT2D eigenvalue weighted by Gasteiger charge is -2.09. The van der Waals surface area contributed by atoms with Crippen molar-refractivity contribution in [2.75, 3.05) is 4.72 Å². The zero-order chi connectivity index (χ0) is 17.3. The van der Waals surface area contributed by atoms with E-state index in [0.29, 0.717) is 16.1 Å². The first-order valence-electron chi connectivity index (χ1n) is 6.86. The lowest BCUT2D eigenvalue weighted by Crippen LogP contribution is -2.14. The maximum atomic E-state index is 13.2. The zero-order valence-electron chi connectivity index (χ0n) is 12.5. The van der Waals surface area contributed by atoms with Gasteiger partial charge in [0.2, 0.25) is 5.88 Å². The number of aryl methyl sites for hydroxylation is 1. The molecule has 0 saturated heterocycles. The Kier molecular flexibility index (Phi) is 4.29. The van der Waals surface area contributed by atoms with Crippen LogP contribution in [0.2, 0.25) is 5.02 Å². The maximum absolute atomic E-state index is 13.2. The van der Waals surface area contributed by atoms with E-state index in [2.05, 4.69) is 9.88 Å². The van der Waals surface area contributed by atoms with Crippen LogP contribution in [0.15, 0.2) is 58.1 Å². The molecule has 24 heavy (non-hydrogen) atoms. The first kappa shape index (κ1) is 16.5. The molecule has 0 radical (unpaired) electrons. The van der Waals surface area contributed by atoms with Crippen LogP contribution in [0.4, 0.5) is 10.3 Å². The lowest BCUT2D eigenvalue weighted by molar-refractivity contribution is 0.435. The molecule has 0 unspecified atom stereocenters. The van der Waals surface area contributed by atoms with E-state index in [4.69, 9.17) is 16.1 Å². The van der Waals surface area contributed by atoms with Crippen LogP contribution in [0.25, 0.3) is 11.1 Å². The van der Waals surface area contributed by atoms with Crippen molar-refractivity contribution in [2.24, 2.45) is 0 Å². The van der Waals surface area contributed by atoms with Crippen molar-refractivity contribution >= 4 is 27.5 Å². The van der Waals surface area contributed by atoms with Gasteiger partial charge in [0.05, 0.1) is 16.7 Å². The summed E-state index contributed by atoms with van der Waals surface area (Å²) in [4.78, 5) is -0.0395.